The summed E-state index contributed by atoms with van der Waals surface area (Å²) in [5, 5.41) is 3.12. The molecule has 2 aromatic rings. The predicted octanol–water partition coefficient (Wildman–Crippen LogP) is 5.57. The molecule has 2 saturated heterocycles. The maximum Gasteiger partial charge on any atom is 0.224 e. The van der Waals surface area contributed by atoms with E-state index >= 15 is 0 Å². The summed E-state index contributed by atoms with van der Waals surface area (Å²) in [5.41, 5.74) is 3.44. The van der Waals surface area contributed by atoms with Crippen molar-refractivity contribution in [3.63, 3.8) is 0 Å². The molecule has 3 fully saturated rings. The number of carbonyl (C=O) groups is 1. The number of hydrogen-bond donors (Lipinski definition) is 1. The number of amides is 1. The molecule has 5 nitrogen and oxygen atoms in total. The van der Waals surface area contributed by atoms with Crippen molar-refractivity contribution in [2.45, 2.75) is 76.3 Å². The number of anilines is 2. The van der Waals surface area contributed by atoms with Crippen LogP contribution in [0, 0.1) is 0 Å². The van der Waals surface area contributed by atoms with Gasteiger partial charge in [-0.05, 0) is 62.3 Å². The smallest absolute Gasteiger partial charge is 0.224 e. The normalized spacial score (nSPS) is 20.9. The van der Waals surface area contributed by atoms with Crippen LogP contribution in [-0.4, -0.2) is 67.1 Å². The van der Waals surface area contributed by atoms with Crippen LogP contribution >= 0.6 is 0 Å². The maximum absolute atomic E-state index is 12.5. The zero-order chi connectivity index (χ0) is 24.6. The molecule has 5 heteroatoms. The molecular formula is C31H44N4O. The Hall–Kier alpha value is -2.37. The van der Waals surface area contributed by atoms with Gasteiger partial charge in [-0.15, -0.1) is 0 Å². The van der Waals surface area contributed by atoms with E-state index in [-0.39, 0.29) is 5.91 Å². The van der Waals surface area contributed by atoms with E-state index in [0.29, 0.717) is 6.42 Å². The summed E-state index contributed by atoms with van der Waals surface area (Å²) >= 11 is 0. The Labute approximate surface area is 217 Å². The molecule has 0 unspecified atom stereocenters. The molecule has 0 aromatic heterocycles. The lowest BCUT2D eigenvalue weighted by atomic mass is 9.93. The number of rotatable bonds is 8. The zero-order valence-electron chi connectivity index (χ0n) is 21.9. The van der Waals surface area contributed by atoms with Gasteiger partial charge in [-0.1, -0.05) is 55.7 Å². The molecule has 1 amide bonds. The minimum absolute atomic E-state index is 0.106. The van der Waals surface area contributed by atoms with Crippen LogP contribution in [0.2, 0.25) is 0 Å². The number of piperidine rings is 1. The number of carbonyl (C=O) groups excluding carboxylic acids is 1. The fourth-order valence-corrected chi connectivity index (χ4v) is 6.50. The highest BCUT2D eigenvalue weighted by Crippen LogP contribution is 2.27. The number of hydrogen-bond acceptors (Lipinski definition) is 4. The third kappa shape index (κ3) is 6.89. The fourth-order valence-electron chi connectivity index (χ4n) is 6.50. The van der Waals surface area contributed by atoms with Gasteiger partial charge in [0.25, 0.3) is 0 Å². The third-order valence-corrected chi connectivity index (χ3v) is 8.63. The summed E-state index contributed by atoms with van der Waals surface area (Å²) in [4.78, 5) is 20.5. The predicted molar refractivity (Wildman–Crippen MR) is 150 cm³/mol. The summed E-state index contributed by atoms with van der Waals surface area (Å²) in [6.45, 7) is 7.21. The van der Waals surface area contributed by atoms with Gasteiger partial charge in [0.2, 0.25) is 5.91 Å². The molecule has 2 heterocycles. The highest BCUT2D eigenvalue weighted by molar-refractivity contribution is 5.91. The van der Waals surface area contributed by atoms with Crippen molar-refractivity contribution in [3.05, 3.63) is 60.2 Å². The van der Waals surface area contributed by atoms with Crippen molar-refractivity contribution in [3.8, 4) is 0 Å². The number of nitrogens with one attached hydrogen (secondary N) is 1. The molecule has 5 rings (SSSR count). The average Bonchev–Trinajstić information content (AvgIpc) is 2.94. The lowest BCUT2D eigenvalue weighted by Crippen LogP contribution is -2.55. The molecule has 1 saturated carbocycles. The van der Waals surface area contributed by atoms with Crippen LogP contribution in [0.5, 0.6) is 0 Å². The summed E-state index contributed by atoms with van der Waals surface area (Å²) < 4.78 is 0. The second kappa shape index (κ2) is 12.7. The molecule has 36 heavy (non-hydrogen) atoms. The molecule has 3 aliphatic rings. The van der Waals surface area contributed by atoms with Gasteiger partial charge in [-0.25, -0.2) is 0 Å². The standard InChI is InChI=1S/C31H44N4O/c36-31(16-7-11-26-9-3-1-4-10-26)32-27-12-8-15-30(25-27)33-19-17-29(18-20-33)35-23-21-34(22-24-35)28-13-5-2-6-14-28/h1,3-4,8-10,12,15,25,28-29H,2,5-7,11,13-14,16-24H2,(H,32,36). The summed E-state index contributed by atoms with van der Waals surface area (Å²) in [5.74, 6) is 0.106. The van der Waals surface area contributed by atoms with Crippen molar-refractivity contribution in [1.29, 1.82) is 0 Å². The van der Waals surface area contributed by atoms with Gasteiger partial charge in [-0.2, -0.15) is 0 Å². The quantitative estimate of drug-likeness (QED) is 0.527. The molecule has 0 bridgehead atoms. The number of aryl methyl sites for hydroxylation is 1. The van der Waals surface area contributed by atoms with Gasteiger partial charge in [0.1, 0.15) is 0 Å². The Kier molecular flexibility index (Phi) is 8.95. The van der Waals surface area contributed by atoms with Crippen LogP contribution < -0.4 is 10.2 Å². The number of benzene rings is 2. The van der Waals surface area contributed by atoms with Crippen molar-refractivity contribution in [1.82, 2.24) is 9.80 Å². The Morgan fingerprint density at radius 1 is 0.750 bits per heavy atom. The van der Waals surface area contributed by atoms with Gasteiger partial charge in [0, 0.05) is 69.1 Å². The summed E-state index contributed by atoms with van der Waals surface area (Å²) in [6.07, 6.45) is 12.0. The van der Waals surface area contributed by atoms with Crippen LogP contribution in [0.1, 0.15) is 63.4 Å². The first-order valence-electron chi connectivity index (χ1n) is 14.4. The SMILES string of the molecule is O=C(CCCc1ccccc1)Nc1cccc(N2CCC(N3CCN(C4CCCCC4)CC3)CC2)c1. The fraction of sp³-hybridized carbons (Fsp3) is 0.581. The first-order chi connectivity index (χ1) is 17.7. The summed E-state index contributed by atoms with van der Waals surface area (Å²) in [7, 11) is 0. The first kappa shape index (κ1) is 25.3. The molecular weight excluding hydrogens is 444 g/mol. The third-order valence-electron chi connectivity index (χ3n) is 8.63. The van der Waals surface area contributed by atoms with E-state index in [4.69, 9.17) is 0 Å². The van der Waals surface area contributed by atoms with Gasteiger partial charge < -0.3 is 10.2 Å². The second-order valence-electron chi connectivity index (χ2n) is 11.0. The Morgan fingerprint density at radius 3 is 2.11 bits per heavy atom. The number of nitrogens with zero attached hydrogens (tertiary/aromatic N) is 3. The van der Waals surface area contributed by atoms with Gasteiger partial charge >= 0.3 is 0 Å². The van der Waals surface area contributed by atoms with Crippen LogP contribution in [0.3, 0.4) is 0 Å². The molecule has 1 aliphatic carbocycles. The second-order valence-corrected chi connectivity index (χ2v) is 11.0. The molecule has 0 radical (unpaired) electrons. The van der Waals surface area contributed by atoms with Crippen molar-refractivity contribution in [2.24, 2.45) is 0 Å². The van der Waals surface area contributed by atoms with E-state index in [9.17, 15) is 4.79 Å². The van der Waals surface area contributed by atoms with Crippen molar-refractivity contribution < 1.29 is 4.79 Å². The maximum atomic E-state index is 12.5. The van der Waals surface area contributed by atoms with Crippen LogP contribution in [0.4, 0.5) is 11.4 Å². The Bertz CT molecular complexity index is 942. The lowest BCUT2D eigenvalue weighted by Gasteiger charge is -2.45. The molecule has 1 N–H and O–H groups in total. The van der Waals surface area contributed by atoms with Crippen molar-refractivity contribution >= 4 is 17.3 Å². The van der Waals surface area contributed by atoms with E-state index in [1.54, 1.807) is 0 Å². The first-order valence-corrected chi connectivity index (χ1v) is 14.4. The molecule has 2 aliphatic heterocycles. The zero-order valence-corrected chi connectivity index (χ0v) is 21.9. The molecule has 194 valence electrons. The van der Waals surface area contributed by atoms with E-state index in [1.165, 1.54) is 82.4 Å². The van der Waals surface area contributed by atoms with Crippen LogP contribution in [0.25, 0.3) is 0 Å². The molecule has 0 spiro atoms. The van der Waals surface area contributed by atoms with Gasteiger partial charge in [0.05, 0.1) is 0 Å². The van der Waals surface area contributed by atoms with E-state index in [2.05, 4.69) is 62.5 Å². The minimum atomic E-state index is 0.106. The molecule has 2 aromatic carbocycles. The minimum Gasteiger partial charge on any atom is -0.371 e. The Morgan fingerprint density at radius 2 is 1.42 bits per heavy atom. The van der Waals surface area contributed by atoms with Gasteiger partial charge in [0.15, 0.2) is 0 Å². The summed E-state index contributed by atoms with van der Waals surface area (Å²) in [6, 6.07) is 20.4. The van der Waals surface area contributed by atoms with E-state index < -0.39 is 0 Å². The highest BCUT2D eigenvalue weighted by atomic mass is 16.1. The monoisotopic (exact) mass is 488 g/mol. The topological polar surface area (TPSA) is 38.8 Å². The van der Waals surface area contributed by atoms with Crippen LogP contribution in [0.15, 0.2) is 54.6 Å². The van der Waals surface area contributed by atoms with E-state index in [1.807, 2.05) is 12.1 Å². The molecule has 0 atom stereocenters. The van der Waals surface area contributed by atoms with E-state index in [0.717, 1.165) is 43.7 Å². The van der Waals surface area contributed by atoms with Gasteiger partial charge in [-0.3, -0.25) is 14.6 Å². The van der Waals surface area contributed by atoms with Crippen molar-refractivity contribution in [2.75, 3.05) is 49.5 Å². The average molecular weight is 489 g/mol. The lowest BCUT2D eigenvalue weighted by molar-refractivity contribution is -0.116. The Balaban J connectivity index is 1.04. The highest BCUT2D eigenvalue weighted by Gasteiger charge is 2.30. The number of piperazine rings is 1. The largest absolute Gasteiger partial charge is 0.371 e. The van der Waals surface area contributed by atoms with Crippen LogP contribution in [-0.2, 0) is 11.2 Å².